The topological polar surface area (TPSA) is 35.9 Å². The molecule has 0 unspecified atom stereocenters. The highest BCUT2D eigenvalue weighted by Gasteiger charge is 2.26. The quantitative estimate of drug-likeness (QED) is 0.777. The molecule has 3 rings (SSSR count). The van der Waals surface area contributed by atoms with Gasteiger partial charge in [0.2, 0.25) is 5.91 Å². The lowest BCUT2D eigenvalue weighted by Crippen LogP contribution is -2.41. The van der Waals surface area contributed by atoms with Crippen molar-refractivity contribution in [3.05, 3.63) is 64.4 Å². The van der Waals surface area contributed by atoms with Crippen molar-refractivity contribution in [2.45, 2.75) is 13.8 Å². The Bertz CT molecular complexity index is 864. The minimum atomic E-state index is -0.343. The lowest BCUT2D eigenvalue weighted by molar-refractivity contribution is -0.119. The summed E-state index contributed by atoms with van der Waals surface area (Å²) in [6.07, 6.45) is 0. The van der Waals surface area contributed by atoms with E-state index in [2.05, 4.69) is 9.89 Å². The summed E-state index contributed by atoms with van der Waals surface area (Å²) in [6, 6.07) is 11.9. The number of hydrogen-bond donors (Lipinski definition) is 0. The highest BCUT2D eigenvalue weighted by molar-refractivity contribution is 6.31. The van der Waals surface area contributed by atoms with Crippen LogP contribution >= 0.6 is 11.6 Å². The molecule has 0 spiro atoms. The SMILES string of the molecule is CCN(CC)CC(=O)N1CCN=C(c2ccccc2F)c2cc(Cl)ccc21. The van der Waals surface area contributed by atoms with Gasteiger partial charge in [0.15, 0.2) is 0 Å². The van der Waals surface area contributed by atoms with E-state index in [9.17, 15) is 9.18 Å². The van der Waals surface area contributed by atoms with Crippen molar-refractivity contribution >= 4 is 28.9 Å². The first-order valence-corrected chi connectivity index (χ1v) is 9.55. The molecule has 0 N–H and O–H groups in total. The predicted octanol–water partition coefficient (Wildman–Crippen LogP) is 4.00. The number of likely N-dealkylation sites (N-methyl/N-ethyl adjacent to an activating group) is 1. The molecule has 0 saturated carbocycles. The van der Waals surface area contributed by atoms with Gasteiger partial charge in [-0.1, -0.05) is 37.6 Å². The molecule has 4 nitrogen and oxygen atoms in total. The highest BCUT2D eigenvalue weighted by atomic mass is 35.5. The van der Waals surface area contributed by atoms with Gasteiger partial charge in [-0.2, -0.15) is 0 Å². The van der Waals surface area contributed by atoms with Gasteiger partial charge in [0.05, 0.1) is 24.5 Å². The molecule has 0 bridgehead atoms. The van der Waals surface area contributed by atoms with E-state index in [0.29, 0.717) is 41.5 Å². The zero-order chi connectivity index (χ0) is 19.4. The van der Waals surface area contributed by atoms with Gasteiger partial charge in [-0.3, -0.25) is 14.7 Å². The molecule has 0 saturated heterocycles. The van der Waals surface area contributed by atoms with Crippen molar-refractivity contribution in [2.24, 2.45) is 4.99 Å². The van der Waals surface area contributed by atoms with Crippen molar-refractivity contribution in [1.29, 1.82) is 0 Å². The van der Waals surface area contributed by atoms with Crippen LogP contribution in [0.5, 0.6) is 0 Å². The minimum Gasteiger partial charge on any atom is -0.309 e. The fourth-order valence-corrected chi connectivity index (χ4v) is 3.44. The van der Waals surface area contributed by atoms with Crippen LogP contribution in [0.3, 0.4) is 0 Å². The van der Waals surface area contributed by atoms with Crippen LogP contribution in [0.2, 0.25) is 5.02 Å². The molecule has 2 aromatic carbocycles. The molecule has 0 fully saturated rings. The summed E-state index contributed by atoms with van der Waals surface area (Å²) in [5.41, 5.74) is 2.34. The number of fused-ring (bicyclic) bond motifs is 1. The number of carbonyl (C=O) groups excluding carboxylic acids is 1. The third-order valence-corrected chi connectivity index (χ3v) is 5.02. The number of amides is 1. The normalized spacial score (nSPS) is 14.0. The van der Waals surface area contributed by atoms with Crippen LogP contribution in [0.15, 0.2) is 47.5 Å². The number of rotatable bonds is 5. The monoisotopic (exact) mass is 387 g/mol. The molecular formula is C21H23ClFN3O. The molecule has 6 heteroatoms. The maximum Gasteiger partial charge on any atom is 0.241 e. The van der Waals surface area contributed by atoms with Gasteiger partial charge in [0.25, 0.3) is 0 Å². The van der Waals surface area contributed by atoms with Crippen molar-refractivity contribution in [1.82, 2.24) is 4.90 Å². The molecule has 27 heavy (non-hydrogen) atoms. The van der Waals surface area contributed by atoms with Gasteiger partial charge in [-0.15, -0.1) is 0 Å². The Labute approximate surface area is 164 Å². The molecule has 0 aromatic heterocycles. The zero-order valence-corrected chi connectivity index (χ0v) is 16.3. The third kappa shape index (κ3) is 4.20. The molecule has 0 atom stereocenters. The fraction of sp³-hybridized carbons (Fsp3) is 0.333. The Hall–Kier alpha value is -2.24. The molecule has 0 aliphatic carbocycles. The maximum absolute atomic E-state index is 14.4. The van der Waals surface area contributed by atoms with Gasteiger partial charge in [0, 0.05) is 22.7 Å². The largest absolute Gasteiger partial charge is 0.309 e. The van der Waals surface area contributed by atoms with Gasteiger partial charge >= 0.3 is 0 Å². The van der Waals surface area contributed by atoms with Crippen LogP contribution in [0.25, 0.3) is 0 Å². The predicted molar refractivity (Wildman–Crippen MR) is 108 cm³/mol. The number of benzodiazepines with no additional fused rings is 1. The Morgan fingerprint density at radius 2 is 1.93 bits per heavy atom. The highest BCUT2D eigenvalue weighted by Crippen LogP contribution is 2.30. The van der Waals surface area contributed by atoms with E-state index in [-0.39, 0.29) is 11.7 Å². The van der Waals surface area contributed by atoms with E-state index < -0.39 is 0 Å². The molecule has 1 aliphatic rings. The van der Waals surface area contributed by atoms with E-state index in [1.807, 2.05) is 19.9 Å². The summed E-state index contributed by atoms with van der Waals surface area (Å²) >= 11 is 6.22. The molecular weight excluding hydrogens is 365 g/mol. The number of carbonyl (C=O) groups is 1. The summed E-state index contributed by atoms with van der Waals surface area (Å²) in [5, 5.41) is 0.524. The van der Waals surface area contributed by atoms with Crippen LogP contribution in [0.4, 0.5) is 10.1 Å². The van der Waals surface area contributed by atoms with Crippen molar-refractivity contribution in [2.75, 3.05) is 37.6 Å². The average Bonchev–Trinajstić information content (AvgIpc) is 2.85. The van der Waals surface area contributed by atoms with E-state index in [1.54, 1.807) is 35.2 Å². The van der Waals surface area contributed by atoms with E-state index in [0.717, 1.165) is 18.8 Å². The van der Waals surface area contributed by atoms with E-state index in [4.69, 9.17) is 11.6 Å². The van der Waals surface area contributed by atoms with Crippen LogP contribution in [0.1, 0.15) is 25.0 Å². The van der Waals surface area contributed by atoms with Crippen LogP contribution in [-0.4, -0.2) is 49.2 Å². The Balaban J connectivity index is 2.04. The molecule has 2 aromatic rings. The first-order chi connectivity index (χ1) is 13.0. The summed E-state index contributed by atoms with van der Waals surface area (Å²) in [6.45, 7) is 6.87. The summed E-state index contributed by atoms with van der Waals surface area (Å²) < 4.78 is 14.4. The van der Waals surface area contributed by atoms with Crippen molar-refractivity contribution < 1.29 is 9.18 Å². The summed E-state index contributed by atoms with van der Waals surface area (Å²) in [4.78, 5) is 21.4. The van der Waals surface area contributed by atoms with Crippen LogP contribution < -0.4 is 4.90 Å². The number of anilines is 1. The van der Waals surface area contributed by atoms with Gasteiger partial charge < -0.3 is 4.90 Å². The molecule has 0 radical (unpaired) electrons. The molecule has 1 heterocycles. The second kappa shape index (κ2) is 8.63. The number of benzene rings is 2. The zero-order valence-electron chi connectivity index (χ0n) is 15.6. The number of halogens is 2. The Morgan fingerprint density at radius 3 is 2.63 bits per heavy atom. The van der Waals surface area contributed by atoms with Crippen LogP contribution in [0, 0.1) is 5.82 Å². The third-order valence-electron chi connectivity index (χ3n) is 4.78. The summed E-state index contributed by atoms with van der Waals surface area (Å²) in [5.74, 6) is -0.336. The van der Waals surface area contributed by atoms with Gasteiger partial charge in [-0.25, -0.2) is 4.39 Å². The van der Waals surface area contributed by atoms with Crippen molar-refractivity contribution in [3.8, 4) is 0 Å². The van der Waals surface area contributed by atoms with E-state index in [1.165, 1.54) is 6.07 Å². The first-order valence-electron chi connectivity index (χ1n) is 9.17. The lowest BCUT2D eigenvalue weighted by atomic mass is 9.99. The number of aliphatic imine (C=N–C) groups is 1. The second-order valence-corrected chi connectivity index (χ2v) is 6.81. The van der Waals surface area contributed by atoms with Gasteiger partial charge in [-0.05, 0) is 43.4 Å². The fourth-order valence-electron chi connectivity index (χ4n) is 3.27. The number of hydrogen-bond acceptors (Lipinski definition) is 3. The Kier molecular flexibility index (Phi) is 6.24. The molecule has 142 valence electrons. The van der Waals surface area contributed by atoms with Gasteiger partial charge in [0.1, 0.15) is 5.82 Å². The standard InChI is InChI=1S/C21H23ClFN3O/c1-3-25(4-2)14-20(27)26-12-11-24-21(16-7-5-6-8-18(16)23)17-13-15(22)9-10-19(17)26/h5-10,13H,3-4,11-12,14H2,1-2H3. The minimum absolute atomic E-state index is 0.00672. The lowest BCUT2D eigenvalue weighted by Gasteiger charge is -2.26. The number of nitrogens with zero attached hydrogens (tertiary/aromatic N) is 3. The molecule has 1 amide bonds. The van der Waals surface area contributed by atoms with Crippen molar-refractivity contribution in [3.63, 3.8) is 0 Å². The second-order valence-electron chi connectivity index (χ2n) is 6.38. The average molecular weight is 388 g/mol. The first kappa shape index (κ1) is 19.5. The Morgan fingerprint density at radius 1 is 1.19 bits per heavy atom. The maximum atomic E-state index is 14.4. The van der Waals surface area contributed by atoms with Crippen LogP contribution in [-0.2, 0) is 4.79 Å². The summed E-state index contributed by atoms with van der Waals surface area (Å²) in [7, 11) is 0. The van der Waals surface area contributed by atoms with E-state index >= 15 is 0 Å². The smallest absolute Gasteiger partial charge is 0.241 e. The molecule has 1 aliphatic heterocycles.